The molecule has 0 bridgehead atoms. The zero-order chi connectivity index (χ0) is 39.0. The summed E-state index contributed by atoms with van der Waals surface area (Å²) >= 11 is 0. The van der Waals surface area contributed by atoms with Crippen molar-refractivity contribution in [2.75, 3.05) is 0 Å². The highest BCUT2D eigenvalue weighted by Crippen LogP contribution is 2.42. The Bertz CT molecular complexity index is 2530. The van der Waals surface area contributed by atoms with Crippen molar-refractivity contribution in [1.82, 2.24) is 15.0 Å². The minimum absolute atomic E-state index is 0.984. The van der Waals surface area contributed by atoms with E-state index in [9.17, 15) is 0 Å². The number of aliphatic imine (C=N–C) groups is 1. The van der Waals surface area contributed by atoms with Gasteiger partial charge in [-0.15, -0.1) is 0 Å². The maximum absolute atomic E-state index is 4.35. The van der Waals surface area contributed by atoms with Crippen LogP contribution in [-0.4, -0.2) is 21.2 Å². The van der Waals surface area contributed by atoms with Crippen LogP contribution in [-0.2, 0) is 0 Å². The Morgan fingerprint density at radius 2 is 1.07 bits per heavy atom. The number of hydrogen-bond donors (Lipinski definition) is 0. The highest BCUT2D eigenvalue weighted by atomic mass is 14.7. The summed E-state index contributed by atoms with van der Waals surface area (Å²) in [7, 11) is 0. The normalized spacial score (nSPS) is 11.1. The molecule has 4 heteroatoms. The van der Waals surface area contributed by atoms with Crippen LogP contribution in [0, 0.1) is 6.92 Å². The average molecular weight is 717 g/mol. The van der Waals surface area contributed by atoms with Gasteiger partial charge in [-0.25, -0.2) is 0 Å². The smallest absolute Gasteiger partial charge is 0.0346 e. The molecule has 0 saturated carbocycles. The van der Waals surface area contributed by atoms with Gasteiger partial charge in [-0.1, -0.05) is 110 Å². The minimum Gasteiger partial charge on any atom is -0.269 e. The van der Waals surface area contributed by atoms with Crippen molar-refractivity contribution in [3.8, 4) is 33.4 Å². The van der Waals surface area contributed by atoms with E-state index in [2.05, 4.69) is 112 Å². The van der Waals surface area contributed by atoms with Gasteiger partial charge in [0.15, 0.2) is 0 Å². The topological polar surface area (TPSA) is 51.0 Å². The number of aryl methyl sites for hydroxylation is 1. The Morgan fingerprint density at radius 1 is 0.564 bits per heavy atom. The van der Waals surface area contributed by atoms with Crippen LogP contribution in [0.15, 0.2) is 200 Å². The van der Waals surface area contributed by atoms with Crippen LogP contribution in [0.3, 0.4) is 0 Å². The molecule has 0 radical (unpaired) electrons. The average Bonchev–Trinajstić information content (AvgIpc) is 3.24. The lowest BCUT2D eigenvalue weighted by atomic mass is 9.87. The molecule has 0 N–H and O–H groups in total. The first kappa shape index (κ1) is 39.4. The summed E-state index contributed by atoms with van der Waals surface area (Å²) in [5, 5.41) is 7.76. The molecule has 55 heavy (non-hydrogen) atoms. The molecular weight excluding hydrogens is 669 g/mol. The number of aromatic nitrogens is 3. The Hall–Kier alpha value is -6.78. The van der Waals surface area contributed by atoms with E-state index < -0.39 is 0 Å². The number of hydrogen-bond acceptors (Lipinski definition) is 4. The van der Waals surface area contributed by atoms with Crippen LogP contribution in [0.4, 0.5) is 0 Å². The summed E-state index contributed by atoms with van der Waals surface area (Å²) in [5.41, 5.74) is 10.5. The van der Waals surface area contributed by atoms with Crippen LogP contribution in [0.25, 0.3) is 65.7 Å². The van der Waals surface area contributed by atoms with Gasteiger partial charge >= 0.3 is 0 Å². The van der Waals surface area contributed by atoms with Crippen LogP contribution < -0.4 is 0 Å². The van der Waals surface area contributed by atoms with E-state index in [0.717, 1.165) is 16.7 Å². The van der Waals surface area contributed by atoms with Gasteiger partial charge in [0.25, 0.3) is 0 Å². The molecule has 5 aromatic carbocycles. The first-order chi connectivity index (χ1) is 26.9. The van der Waals surface area contributed by atoms with Gasteiger partial charge in [-0.3, -0.25) is 19.9 Å². The van der Waals surface area contributed by atoms with Gasteiger partial charge in [-0.05, 0) is 142 Å². The number of allylic oxidation sites excluding steroid dienone is 5. The highest BCUT2D eigenvalue weighted by molar-refractivity contribution is 6.27. The third-order valence-electron chi connectivity index (χ3n) is 9.10. The summed E-state index contributed by atoms with van der Waals surface area (Å²) < 4.78 is 0. The van der Waals surface area contributed by atoms with Crippen molar-refractivity contribution in [2.24, 2.45) is 4.99 Å². The van der Waals surface area contributed by atoms with Crippen LogP contribution >= 0.6 is 0 Å². The van der Waals surface area contributed by atoms with E-state index in [1.165, 1.54) is 65.7 Å². The molecule has 0 aliphatic heterocycles. The molecule has 0 saturated heterocycles. The van der Waals surface area contributed by atoms with E-state index >= 15 is 0 Å². The van der Waals surface area contributed by atoms with Gasteiger partial charge in [0.05, 0.1) is 0 Å². The SMILES string of the molecule is C/C=C\C.C=C/C(=C\N=CC)C(=C)C.Cc1ccncc1.c1cncc(-c2ccc3ccc4c(-c5ccc(-c6ccncc6)cc5)ccc5ccc2c3c54)c1. The summed E-state index contributed by atoms with van der Waals surface area (Å²) in [4.78, 5) is 16.3. The van der Waals surface area contributed by atoms with Crippen LogP contribution in [0.2, 0.25) is 0 Å². The molecule has 4 nitrogen and oxygen atoms in total. The Labute approximate surface area is 326 Å². The molecule has 0 aliphatic rings. The standard InChI is InChI=1S/C32H20N2.C9H13N.C6H7N.C4H8/c1-2-26(20-34-17-1)28-12-8-25-9-13-29-27(11-7-24-10-14-30(28)32(25)31(24)29)23-5-3-21(4-6-23)22-15-18-33-19-16-22;1-5-9(8(3)4)7-10-6-2;1-6-2-4-7-5-3-6;1-3-4-2/h1-20H;5-7H,1,3H2,2,4H3;2-5H,1H3;3-4H,1-2H3/b;9-7+,10-6?;;4-3-. The fourth-order valence-electron chi connectivity index (χ4n) is 6.13. The van der Waals surface area contributed by atoms with E-state index in [0.29, 0.717) is 0 Å². The predicted molar refractivity (Wildman–Crippen MR) is 239 cm³/mol. The largest absolute Gasteiger partial charge is 0.269 e. The lowest BCUT2D eigenvalue weighted by Gasteiger charge is -2.16. The van der Waals surface area contributed by atoms with Crippen molar-refractivity contribution >= 4 is 38.5 Å². The number of benzene rings is 5. The lowest BCUT2D eigenvalue weighted by Crippen LogP contribution is -1.89. The first-order valence-corrected chi connectivity index (χ1v) is 18.4. The molecule has 0 unspecified atom stereocenters. The highest BCUT2D eigenvalue weighted by Gasteiger charge is 2.15. The fourth-order valence-corrected chi connectivity index (χ4v) is 6.13. The van der Waals surface area contributed by atoms with E-state index in [1.807, 2.05) is 102 Å². The minimum atomic E-state index is 0.984. The molecule has 272 valence electrons. The zero-order valence-electron chi connectivity index (χ0n) is 32.4. The molecular formula is C51H48N4. The van der Waals surface area contributed by atoms with Gasteiger partial charge < -0.3 is 0 Å². The molecule has 0 spiro atoms. The van der Waals surface area contributed by atoms with Gasteiger partial charge in [0.2, 0.25) is 0 Å². The molecule has 3 heterocycles. The Kier molecular flexibility index (Phi) is 14.3. The third-order valence-corrected chi connectivity index (χ3v) is 9.10. The molecule has 3 aromatic heterocycles. The number of pyridine rings is 3. The number of rotatable bonds is 6. The Morgan fingerprint density at radius 3 is 1.53 bits per heavy atom. The van der Waals surface area contributed by atoms with Crippen LogP contribution in [0.1, 0.15) is 33.3 Å². The second-order valence-electron chi connectivity index (χ2n) is 12.9. The third kappa shape index (κ3) is 10.0. The lowest BCUT2D eigenvalue weighted by molar-refractivity contribution is 1.29. The van der Waals surface area contributed by atoms with Crippen molar-refractivity contribution in [1.29, 1.82) is 0 Å². The monoisotopic (exact) mass is 716 g/mol. The first-order valence-electron chi connectivity index (χ1n) is 18.4. The van der Waals surface area contributed by atoms with Crippen LogP contribution in [0.5, 0.6) is 0 Å². The second-order valence-corrected chi connectivity index (χ2v) is 12.9. The maximum atomic E-state index is 4.35. The van der Waals surface area contributed by atoms with Crippen molar-refractivity contribution in [3.63, 3.8) is 0 Å². The van der Waals surface area contributed by atoms with Gasteiger partial charge in [-0.2, -0.15) is 0 Å². The summed E-state index contributed by atoms with van der Waals surface area (Å²) in [6, 6.07) is 39.0. The molecule has 8 aromatic rings. The molecule has 0 atom stereocenters. The van der Waals surface area contributed by atoms with E-state index in [1.54, 1.807) is 30.9 Å². The fraction of sp³-hybridized carbons (Fsp3) is 0.0980. The summed E-state index contributed by atoms with van der Waals surface area (Å²) in [6.45, 7) is 17.2. The zero-order valence-corrected chi connectivity index (χ0v) is 32.4. The molecule has 0 fully saturated rings. The van der Waals surface area contributed by atoms with E-state index in [-0.39, 0.29) is 0 Å². The van der Waals surface area contributed by atoms with E-state index in [4.69, 9.17) is 0 Å². The Balaban J connectivity index is 0.000000227. The second kappa shape index (κ2) is 19.9. The van der Waals surface area contributed by atoms with Crippen molar-refractivity contribution in [3.05, 3.63) is 201 Å². The van der Waals surface area contributed by atoms with Gasteiger partial charge in [0, 0.05) is 55.2 Å². The van der Waals surface area contributed by atoms with Crippen molar-refractivity contribution in [2.45, 2.75) is 34.6 Å². The number of nitrogens with zero attached hydrogens (tertiary/aromatic N) is 4. The quantitative estimate of drug-likeness (QED) is 0.0745. The van der Waals surface area contributed by atoms with Gasteiger partial charge in [0.1, 0.15) is 0 Å². The molecule has 0 amide bonds. The van der Waals surface area contributed by atoms with Crippen molar-refractivity contribution < 1.29 is 0 Å². The molecule has 8 rings (SSSR count). The maximum Gasteiger partial charge on any atom is 0.0346 e. The predicted octanol–water partition coefficient (Wildman–Crippen LogP) is 14.1. The summed E-state index contributed by atoms with van der Waals surface area (Å²) in [6.07, 6.45) is 20.2. The summed E-state index contributed by atoms with van der Waals surface area (Å²) in [5.74, 6) is 0. The molecule has 0 aliphatic carbocycles.